The van der Waals surface area contributed by atoms with E-state index in [1.807, 2.05) is 0 Å². The predicted octanol–water partition coefficient (Wildman–Crippen LogP) is 4.93. The van der Waals surface area contributed by atoms with Crippen molar-refractivity contribution in [3.63, 3.8) is 0 Å². The number of carbonyl (C=O) groups excluding carboxylic acids is 1. The van der Waals surface area contributed by atoms with Crippen LogP contribution in [0, 0.1) is 20.8 Å². The number of benzene rings is 1. The molecule has 30 heavy (non-hydrogen) atoms. The summed E-state index contributed by atoms with van der Waals surface area (Å²) in [4.78, 5) is 12.7. The predicted molar refractivity (Wildman–Crippen MR) is 108 cm³/mol. The zero-order valence-corrected chi connectivity index (χ0v) is 17.6. The standard InChI is InChI=1S/C20H21ClF3N5O/c1-11-18(26-19(30)14(4)29-12(2)17(21)9-25-29)13(3)28(27-11)10-15-6-5-7-16(8-15)20(22,23)24/h5-9,14H,10H2,1-4H3,(H,26,30). The van der Waals surface area contributed by atoms with E-state index in [2.05, 4.69) is 15.5 Å². The highest BCUT2D eigenvalue weighted by atomic mass is 35.5. The van der Waals surface area contributed by atoms with Gasteiger partial charge in [-0.15, -0.1) is 0 Å². The maximum Gasteiger partial charge on any atom is 0.416 e. The van der Waals surface area contributed by atoms with Gasteiger partial charge in [-0.3, -0.25) is 14.2 Å². The monoisotopic (exact) mass is 439 g/mol. The van der Waals surface area contributed by atoms with Gasteiger partial charge in [0.2, 0.25) is 5.91 Å². The van der Waals surface area contributed by atoms with Gasteiger partial charge in [0.25, 0.3) is 0 Å². The molecule has 1 N–H and O–H groups in total. The molecule has 2 aromatic heterocycles. The Bertz CT molecular complexity index is 1090. The molecule has 0 aliphatic carbocycles. The van der Waals surface area contributed by atoms with E-state index >= 15 is 0 Å². The van der Waals surface area contributed by atoms with Crippen molar-refractivity contribution in [3.05, 3.63) is 63.7 Å². The Kier molecular flexibility index (Phi) is 5.94. The molecular formula is C20H21ClF3N5O. The lowest BCUT2D eigenvalue weighted by molar-refractivity contribution is -0.137. The van der Waals surface area contributed by atoms with Crippen molar-refractivity contribution in [2.24, 2.45) is 0 Å². The van der Waals surface area contributed by atoms with Crippen LogP contribution >= 0.6 is 11.6 Å². The van der Waals surface area contributed by atoms with Gasteiger partial charge in [0.05, 0.1) is 46.1 Å². The Morgan fingerprint density at radius 1 is 1.23 bits per heavy atom. The highest BCUT2D eigenvalue weighted by Crippen LogP contribution is 2.30. The quantitative estimate of drug-likeness (QED) is 0.613. The van der Waals surface area contributed by atoms with Crippen molar-refractivity contribution in [3.8, 4) is 0 Å². The number of amides is 1. The zero-order chi connectivity index (χ0) is 22.2. The molecule has 0 spiro atoms. The van der Waals surface area contributed by atoms with Crippen molar-refractivity contribution >= 4 is 23.2 Å². The molecule has 10 heteroatoms. The van der Waals surface area contributed by atoms with Gasteiger partial charge in [-0.25, -0.2) is 0 Å². The zero-order valence-electron chi connectivity index (χ0n) is 16.9. The molecule has 3 rings (SSSR count). The Labute approximate surface area is 176 Å². The van der Waals surface area contributed by atoms with Gasteiger partial charge in [0.15, 0.2) is 0 Å². The molecule has 0 radical (unpaired) electrons. The smallest absolute Gasteiger partial charge is 0.321 e. The van der Waals surface area contributed by atoms with E-state index in [9.17, 15) is 18.0 Å². The second kappa shape index (κ2) is 8.14. The van der Waals surface area contributed by atoms with Gasteiger partial charge in [-0.1, -0.05) is 23.7 Å². The lowest BCUT2D eigenvalue weighted by Crippen LogP contribution is -2.25. The Morgan fingerprint density at radius 3 is 2.53 bits per heavy atom. The lowest BCUT2D eigenvalue weighted by atomic mass is 10.1. The van der Waals surface area contributed by atoms with Gasteiger partial charge < -0.3 is 5.32 Å². The van der Waals surface area contributed by atoms with E-state index in [-0.39, 0.29) is 12.5 Å². The van der Waals surface area contributed by atoms with Crippen LogP contribution in [0.2, 0.25) is 5.02 Å². The maximum absolute atomic E-state index is 13.0. The van der Waals surface area contributed by atoms with E-state index in [4.69, 9.17) is 11.6 Å². The number of carbonyl (C=O) groups is 1. The highest BCUT2D eigenvalue weighted by Gasteiger charge is 2.30. The number of aromatic nitrogens is 4. The molecule has 1 aromatic carbocycles. The molecule has 3 aromatic rings. The first-order chi connectivity index (χ1) is 14.0. The van der Waals surface area contributed by atoms with Crippen LogP contribution in [0.4, 0.5) is 18.9 Å². The van der Waals surface area contributed by atoms with Crippen molar-refractivity contribution in [1.82, 2.24) is 19.6 Å². The van der Waals surface area contributed by atoms with Crippen LogP contribution in [0.15, 0.2) is 30.5 Å². The molecule has 160 valence electrons. The SMILES string of the molecule is Cc1nn(Cc2cccc(C(F)(F)F)c2)c(C)c1NC(=O)C(C)n1ncc(Cl)c1C. The molecule has 2 heterocycles. The number of nitrogens with one attached hydrogen (secondary N) is 1. The number of hydrogen-bond acceptors (Lipinski definition) is 3. The molecular weight excluding hydrogens is 419 g/mol. The maximum atomic E-state index is 13.0. The molecule has 0 saturated carbocycles. The highest BCUT2D eigenvalue weighted by molar-refractivity contribution is 6.31. The molecule has 0 saturated heterocycles. The number of hydrogen-bond donors (Lipinski definition) is 1. The number of aryl methyl sites for hydroxylation is 1. The number of rotatable bonds is 5. The van der Waals surface area contributed by atoms with Crippen molar-refractivity contribution in [1.29, 1.82) is 0 Å². The second-order valence-corrected chi connectivity index (χ2v) is 7.50. The summed E-state index contributed by atoms with van der Waals surface area (Å²) in [6, 6.07) is 4.49. The summed E-state index contributed by atoms with van der Waals surface area (Å²) in [6.45, 7) is 7.10. The molecule has 0 fully saturated rings. The van der Waals surface area contributed by atoms with Crippen LogP contribution in [-0.2, 0) is 17.5 Å². The van der Waals surface area contributed by atoms with Crippen LogP contribution in [0.25, 0.3) is 0 Å². The molecule has 0 bridgehead atoms. The van der Waals surface area contributed by atoms with E-state index in [0.717, 1.165) is 12.1 Å². The van der Waals surface area contributed by atoms with E-state index in [1.54, 1.807) is 38.4 Å². The molecule has 6 nitrogen and oxygen atoms in total. The minimum Gasteiger partial charge on any atom is -0.321 e. The molecule has 0 aliphatic heterocycles. The first-order valence-corrected chi connectivity index (χ1v) is 9.57. The Balaban J connectivity index is 1.81. The fourth-order valence-corrected chi connectivity index (χ4v) is 3.31. The topological polar surface area (TPSA) is 64.7 Å². The summed E-state index contributed by atoms with van der Waals surface area (Å²) < 4.78 is 42.0. The first kappa shape index (κ1) is 21.9. The van der Waals surface area contributed by atoms with Gasteiger partial charge in [0.1, 0.15) is 6.04 Å². The van der Waals surface area contributed by atoms with Crippen molar-refractivity contribution in [2.45, 2.75) is 46.5 Å². The van der Waals surface area contributed by atoms with Crippen LogP contribution < -0.4 is 5.32 Å². The third kappa shape index (κ3) is 4.35. The summed E-state index contributed by atoms with van der Waals surface area (Å²) in [5.41, 5.74) is 2.15. The van der Waals surface area contributed by atoms with Crippen molar-refractivity contribution < 1.29 is 18.0 Å². The number of nitrogens with zero attached hydrogens (tertiary/aromatic N) is 4. The van der Waals surface area contributed by atoms with Crippen molar-refractivity contribution in [2.75, 3.05) is 5.32 Å². The van der Waals surface area contributed by atoms with E-state index in [1.165, 1.54) is 16.9 Å². The molecule has 1 unspecified atom stereocenters. The summed E-state index contributed by atoms with van der Waals surface area (Å²) in [5, 5.41) is 11.8. The lowest BCUT2D eigenvalue weighted by Gasteiger charge is -2.15. The van der Waals surface area contributed by atoms with Crippen LogP contribution in [-0.4, -0.2) is 25.5 Å². The van der Waals surface area contributed by atoms with Crippen LogP contribution in [0.1, 0.15) is 41.2 Å². The summed E-state index contributed by atoms with van der Waals surface area (Å²) in [7, 11) is 0. The van der Waals surface area contributed by atoms with Gasteiger partial charge in [-0.05, 0) is 45.4 Å². The number of halogens is 4. The van der Waals surface area contributed by atoms with E-state index < -0.39 is 17.8 Å². The minimum absolute atomic E-state index is 0.149. The van der Waals surface area contributed by atoms with Gasteiger partial charge >= 0.3 is 6.18 Å². The molecule has 0 aliphatic rings. The van der Waals surface area contributed by atoms with Gasteiger partial charge in [-0.2, -0.15) is 23.4 Å². The Morgan fingerprint density at radius 2 is 1.93 bits per heavy atom. The third-order valence-corrected chi connectivity index (χ3v) is 5.32. The second-order valence-electron chi connectivity index (χ2n) is 7.09. The van der Waals surface area contributed by atoms with E-state index in [0.29, 0.717) is 33.4 Å². The number of alkyl halides is 3. The Hall–Kier alpha value is -2.81. The third-order valence-electron chi connectivity index (χ3n) is 4.95. The first-order valence-electron chi connectivity index (χ1n) is 9.19. The van der Waals surface area contributed by atoms with Crippen LogP contribution in [0.5, 0.6) is 0 Å². The molecule has 1 amide bonds. The molecule has 1 atom stereocenters. The average molecular weight is 440 g/mol. The van der Waals surface area contributed by atoms with Gasteiger partial charge in [0, 0.05) is 0 Å². The fourth-order valence-electron chi connectivity index (χ4n) is 3.18. The number of anilines is 1. The average Bonchev–Trinajstić information content (AvgIpc) is 3.14. The van der Waals surface area contributed by atoms with Crippen LogP contribution in [0.3, 0.4) is 0 Å². The summed E-state index contributed by atoms with van der Waals surface area (Å²) in [5.74, 6) is -0.303. The summed E-state index contributed by atoms with van der Waals surface area (Å²) in [6.07, 6.45) is -2.93. The largest absolute Gasteiger partial charge is 0.416 e. The fraction of sp³-hybridized carbons (Fsp3) is 0.350. The minimum atomic E-state index is -4.41. The summed E-state index contributed by atoms with van der Waals surface area (Å²) >= 11 is 6.01. The normalized spacial score (nSPS) is 12.8.